The minimum atomic E-state index is -0.515. The third-order valence-electron chi connectivity index (χ3n) is 3.05. The molecular weight excluding hydrogens is 256 g/mol. The van der Waals surface area contributed by atoms with Crippen LogP contribution in [-0.4, -0.2) is 28.4 Å². The normalized spacial score (nSPS) is 12.2. The fourth-order valence-corrected chi connectivity index (χ4v) is 1.91. The third-order valence-corrected chi connectivity index (χ3v) is 3.05. The van der Waals surface area contributed by atoms with Crippen LogP contribution in [0.1, 0.15) is 25.0 Å². The number of hydrogen-bond acceptors (Lipinski definition) is 4. The van der Waals surface area contributed by atoms with Gasteiger partial charge in [0, 0.05) is 18.9 Å². The van der Waals surface area contributed by atoms with Crippen molar-refractivity contribution < 1.29 is 14.6 Å². The van der Waals surface area contributed by atoms with Gasteiger partial charge >= 0.3 is 0 Å². The summed E-state index contributed by atoms with van der Waals surface area (Å²) in [5, 5.41) is 9.55. The molecule has 20 heavy (non-hydrogen) atoms. The van der Waals surface area contributed by atoms with E-state index in [1.54, 1.807) is 32.6 Å². The number of methoxy groups -OCH3 is 1. The first-order chi connectivity index (χ1) is 9.70. The monoisotopic (exact) mass is 276 g/mol. The molecule has 1 aromatic heterocycles. The number of benzene rings is 1. The number of aromatic nitrogens is 2. The van der Waals surface area contributed by atoms with Gasteiger partial charge in [-0.1, -0.05) is 6.07 Å². The van der Waals surface area contributed by atoms with Gasteiger partial charge in [0.05, 0.1) is 26.1 Å². The van der Waals surface area contributed by atoms with Crippen molar-refractivity contribution in [3.8, 4) is 11.5 Å². The summed E-state index contributed by atoms with van der Waals surface area (Å²) in [6.45, 7) is 3.19. The van der Waals surface area contributed by atoms with Crippen molar-refractivity contribution in [1.29, 1.82) is 0 Å². The highest BCUT2D eigenvalue weighted by molar-refractivity contribution is 5.43. The summed E-state index contributed by atoms with van der Waals surface area (Å²) in [5.41, 5.74) is 0.813. The Morgan fingerprint density at radius 2 is 2.20 bits per heavy atom. The molecule has 0 unspecified atom stereocenters. The number of hydrogen-bond donors (Lipinski definition) is 1. The second-order valence-electron chi connectivity index (χ2n) is 4.59. The van der Waals surface area contributed by atoms with Gasteiger partial charge in [-0.05, 0) is 31.0 Å². The highest BCUT2D eigenvalue weighted by Gasteiger charge is 2.08. The van der Waals surface area contributed by atoms with Crippen LogP contribution < -0.4 is 9.47 Å². The standard InChI is InChI=1S/C15H20N2O3/c1-12(18)13-4-5-14(15(10-13)19-2)20-9-3-7-17-8-6-16-11-17/h4-6,8,10-12,18H,3,7,9H2,1-2H3/t12-/m1/s1. The molecule has 1 N–H and O–H groups in total. The van der Waals surface area contributed by atoms with E-state index in [9.17, 15) is 5.11 Å². The van der Waals surface area contributed by atoms with Crippen molar-refractivity contribution in [1.82, 2.24) is 9.55 Å². The van der Waals surface area contributed by atoms with Crippen LogP contribution in [0.2, 0.25) is 0 Å². The minimum absolute atomic E-state index is 0.515. The smallest absolute Gasteiger partial charge is 0.161 e. The quantitative estimate of drug-likeness (QED) is 0.789. The maximum absolute atomic E-state index is 9.55. The first-order valence-corrected chi connectivity index (χ1v) is 6.65. The average Bonchev–Trinajstić information content (AvgIpc) is 2.96. The first-order valence-electron chi connectivity index (χ1n) is 6.65. The third kappa shape index (κ3) is 3.74. The lowest BCUT2D eigenvalue weighted by atomic mass is 10.1. The van der Waals surface area contributed by atoms with Gasteiger partial charge in [-0.25, -0.2) is 4.98 Å². The molecule has 0 aliphatic carbocycles. The summed E-state index contributed by atoms with van der Waals surface area (Å²) >= 11 is 0. The minimum Gasteiger partial charge on any atom is -0.493 e. The molecule has 0 fully saturated rings. The molecule has 0 spiro atoms. The maximum Gasteiger partial charge on any atom is 0.161 e. The Hall–Kier alpha value is -2.01. The lowest BCUT2D eigenvalue weighted by molar-refractivity contribution is 0.198. The van der Waals surface area contributed by atoms with Crippen molar-refractivity contribution in [3.05, 3.63) is 42.5 Å². The maximum atomic E-state index is 9.55. The number of imidazole rings is 1. The molecule has 0 bridgehead atoms. The molecule has 2 aromatic rings. The molecule has 1 heterocycles. The van der Waals surface area contributed by atoms with E-state index in [4.69, 9.17) is 9.47 Å². The summed E-state index contributed by atoms with van der Waals surface area (Å²) in [7, 11) is 1.60. The van der Waals surface area contributed by atoms with Crippen LogP contribution in [0.25, 0.3) is 0 Å². The van der Waals surface area contributed by atoms with E-state index in [0.717, 1.165) is 18.5 Å². The Balaban J connectivity index is 1.88. The lowest BCUT2D eigenvalue weighted by Gasteiger charge is -2.13. The molecule has 0 amide bonds. The van der Waals surface area contributed by atoms with Gasteiger partial charge in [-0.2, -0.15) is 0 Å². The number of nitrogens with zero attached hydrogens (tertiary/aromatic N) is 2. The predicted octanol–water partition coefficient (Wildman–Crippen LogP) is 2.41. The van der Waals surface area contributed by atoms with Crippen molar-refractivity contribution in [3.63, 3.8) is 0 Å². The average molecular weight is 276 g/mol. The fourth-order valence-electron chi connectivity index (χ4n) is 1.91. The lowest BCUT2D eigenvalue weighted by Crippen LogP contribution is -2.04. The van der Waals surface area contributed by atoms with Gasteiger partial charge < -0.3 is 19.1 Å². The summed E-state index contributed by atoms with van der Waals surface area (Å²) in [5.74, 6) is 1.34. The van der Waals surface area contributed by atoms with Crippen LogP contribution in [0.5, 0.6) is 11.5 Å². The van der Waals surface area contributed by atoms with Crippen LogP contribution in [0.4, 0.5) is 0 Å². The zero-order valence-corrected chi connectivity index (χ0v) is 11.8. The second-order valence-corrected chi connectivity index (χ2v) is 4.59. The molecule has 108 valence electrons. The fraction of sp³-hybridized carbons (Fsp3) is 0.400. The van der Waals surface area contributed by atoms with E-state index in [1.807, 2.05) is 22.9 Å². The van der Waals surface area contributed by atoms with Gasteiger partial charge in [0.15, 0.2) is 11.5 Å². The topological polar surface area (TPSA) is 56.5 Å². The number of ether oxygens (including phenoxy) is 2. The van der Waals surface area contributed by atoms with Crippen LogP contribution in [-0.2, 0) is 6.54 Å². The Morgan fingerprint density at radius 3 is 2.85 bits per heavy atom. The van der Waals surface area contributed by atoms with E-state index in [-0.39, 0.29) is 0 Å². The molecule has 2 rings (SSSR count). The van der Waals surface area contributed by atoms with Crippen molar-refractivity contribution in [2.45, 2.75) is 26.0 Å². The largest absolute Gasteiger partial charge is 0.493 e. The molecular formula is C15H20N2O3. The summed E-state index contributed by atoms with van der Waals surface area (Å²) in [4.78, 5) is 3.99. The van der Waals surface area contributed by atoms with Gasteiger partial charge in [0.2, 0.25) is 0 Å². The van der Waals surface area contributed by atoms with Crippen molar-refractivity contribution in [2.75, 3.05) is 13.7 Å². The van der Waals surface area contributed by atoms with Crippen LogP contribution in [0.15, 0.2) is 36.9 Å². The van der Waals surface area contributed by atoms with Crippen LogP contribution in [0.3, 0.4) is 0 Å². The molecule has 5 nitrogen and oxygen atoms in total. The summed E-state index contributed by atoms with van der Waals surface area (Å²) in [6.07, 6.45) is 5.85. The molecule has 5 heteroatoms. The van der Waals surface area contributed by atoms with E-state index >= 15 is 0 Å². The highest BCUT2D eigenvalue weighted by atomic mass is 16.5. The molecule has 1 atom stereocenters. The number of aliphatic hydroxyl groups excluding tert-OH is 1. The van der Waals surface area contributed by atoms with Crippen molar-refractivity contribution >= 4 is 0 Å². The molecule has 0 aliphatic rings. The zero-order valence-electron chi connectivity index (χ0n) is 11.8. The number of aliphatic hydroxyl groups is 1. The Labute approximate surface area is 118 Å². The van der Waals surface area contributed by atoms with E-state index in [0.29, 0.717) is 18.1 Å². The molecule has 0 aliphatic heterocycles. The van der Waals surface area contributed by atoms with E-state index in [1.165, 1.54) is 0 Å². The predicted molar refractivity (Wildman–Crippen MR) is 76.0 cm³/mol. The van der Waals surface area contributed by atoms with Gasteiger partial charge in [0.1, 0.15) is 0 Å². The second kappa shape index (κ2) is 6.96. The van der Waals surface area contributed by atoms with Crippen molar-refractivity contribution in [2.24, 2.45) is 0 Å². The Kier molecular flexibility index (Phi) is 5.01. The van der Waals surface area contributed by atoms with E-state index in [2.05, 4.69) is 4.98 Å². The number of rotatable bonds is 7. The SMILES string of the molecule is COc1cc([C@@H](C)O)ccc1OCCCn1ccnc1. The molecule has 0 saturated carbocycles. The van der Waals surface area contributed by atoms with Crippen LogP contribution in [0, 0.1) is 0 Å². The molecule has 0 saturated heterocycles. The van der Waals surface area contributed by atoms with Gasteiger partial charge in [-0.3, -0.25) is 0 Å². The Bertz CT molecular complexity index is 524. The number of aryl methyl sites for hydroxylation is 1. The summed E-state index contributed by atoms with van der Waals surface area (Å²) in [6, 6.07) is 5.48. The van der Waals surface area contributed by atoms with Crippen LogP contribution >= 0.6 is 0 Å². The zero-order chi connectivity index (χ0) is 14.4. The summed E-state index contributed by atoms with van der Waals surface area (Å²) < 4.78 is 13.0. The first kappa shape index (κ1) is 14.4. The van der Waals surface area contributed by atoms with Gasteiger partial charge in [0.25, 0.3) is 0 Å². The Morgan fingerprint density at radius 1 is 1.35 bits per heavy atom. The highest BCUT2D eigenvalue weighted by Crippen LogP contribution is 2.30. The van der Waals surface area contributed by atoms with Gasteiger partial charge in [-0.15, -0.1) is 0 Å². The molecule has 1 aromatic carbocycles. The van der Waals surface area contributed by atoms with E-state index < -0.39 is 6.10 Å². The molecule has 0 radical (unpaired) electrons.